The number of hydrazine groups is 1. The van der Waals surface area contributed by atoms with E-state index in [0.717, 1.165) is 5.56 Å². The van der Waals surface area contributed by atoms with Crippen LogP contribution in [0.3, 0.4) is 0 Å². The number of epoxide rings is 1. The number of hydrogen-bond donors (Lipinski definition) is 7. The summed E-state index contributed by atoms with van der Waals surface area (Å²) in [6, 6.07) is 10.4. The summed E-state index contributed by atoms with van der Waals surface area (Å²) in [7, 11) is 0. The Kier molecular flexibility index (Phi) is 13.8. The van der Waals surface area contributed by atoms with Crippen LogP contribution in [-0.4, -0.2) is 111 Å². The molecule has 2 aliphatic rings. The number of nitrogens with zero attached hydrogens (tertiary/aromatic N) is 2. The number of para-hydroxylation sites is 1. The summed E-state index contributed by atoms with van der Waals surface area (Å²) in [6.45, 7) is 2.99. The van der Waals surface area contributed by atoms with Gasteiger partial charge in [0.05, 0.1) is 6.42 Å². The fourth-order valence-electron chi connectivity index (χ4n) is 5.60. The maximum absolute atomic E-state index is 13.5. The van der Waals surface area contributed by atoms with Crippen molar-refractivity contribution < 1.29 is 67.9 Å². The second-order valence-electron chi connectivity index (χ2n) is 12.9. The fraction of sp³-hybridized carbons (Fsp3) is 0.400. The van der Waals surface area contributed by atoms with E-state index < -0.39 is 109 Å². The predicted octanol–water partition coefficient (Wildman–Crippen LogP) is 0.141. The first-order valence-electron chi connectivity index (χ1n) is 17.0. The lowest BCUT2D eigenvalue weighted by Crippen LogP contribution is -2.61. The zero-order valence-corrected chi connectivity index (χ0v) is 29.6. The molecule has 294 valence electrons. The number of ether oxygens (including phenoxy) is 2. The molecule has 55 heavy (non-hydrogen) atoms. The molecule has 1 saturated heterocycles. The van der Waals surface area contributed by atoms with Crippen molar-refractivity contribution >= 4 is 59.3 Å². The molecule has 0 radical (unpaired) electrons. The van der Waals surface area contributed by atoms with Crippen LogP contribution in [0.5, 0.6) is 0 Å². The van der Waals surface area contributed by atoms with Crippen LogP contribution in [0, 0.1) is 5.92 Å². The van der Waals surface area contributed by atoms with Gasteiger partial charge in [0.25, 0.3) is 17.7 Å². The highest BCUT2D eigenvalue weighted by atomic mass is 16.6. The molecule has 2 unspecified atom stereocenters. The Hall–Kier alpha value is -6.57. The van der Waals surface area contributed by atoms with Crippen molar-refractivity contribution in [3.8, 4) is 0 Å². The van der Waals surface area contributed by atoms with Crippen molar-refractivity contribution in [1.29, 1.82) is 0 Å². The lowest BCUT2D eigenvalue weighted by molar-refractivity contribution is -0.142. The van der Waals surface area contributed by atoms with Crippen LogP contribution in [-0.2, 0) is 56.1 Å². The van der Waals surface area contributed by atoms with E-state index in [1.807, 2.05) is 17.6 Å². The average Bonchev–Trinajstić information content (AvgIpc) is 3.83. The van der Waals surface area contributed by atoms with Crippen LogP contribution >= 0.6 is 0 Å². The van der Waals surface area contributed by atoms with Gasteiger partial charge in [-0.05, 0) is 36.0 Å². The number of carboxylic acid groups (broad SMARTS) is 3. The molecular formula is C35H40N6O14. The van der Waals surface area contributed by atoms with E-state index in [0.29, 0.717) is 24.2 Å². The number of fused-ring (bicyclic) bond motifs is 1. The van der Waals surface area contributed by atoms with E-state index in [1.54, 1.807) is 42.5 Å². The summed E-state index contributed by atoms with van der Waals surface area (Å²) in [5.74, 6) is -9.11. The topological polar surface area (TPSA) is 291 Å². The number of amides is 7. The average molecular weight is 769 g/mol. The lowest BCUT2D eigenvalue weighted by atomic mass is 10.0. The summed E-state index contributed by atoms with van der Waals surface area (Å²) in [5, 5.41) is 34.9. The third kappa shape index (κ3) is 11.2. The summed E-state index contributed by atoms with van der Waals surface area (Å²) in [6.07, 6.45) is -7.60. The van der Waals surface area contributed by atoms with Gasteiger partial charge < -0.3 is 45.6 Å². The Morgan fingerprint density at radius 1 is 0.818 bits per heavy atom. The highest BCUT2D eigenvalue weighted by Gasteiger charge is 2.55. The zero-order valence-electron chi connectivity index (χ0n) is 29.6. The number of benzene rings is 2. The van der Waals surface area contributed by atoms with Gasteiger partial charge in [-0.15, -0.1) is 5.01 Å². The van der Waals surface area contributed by atoms with Crippen molar-refractivity contribution in [2.24, 2.45) is 5.92 Å². The maximum atomic E-state index is 13.5. The maximum Gasteiger partial charge on any atom is 0.433 e. The molecule has 2 aromatic carbocycles. The molecule has 2 aromatic rings. The summed E-state index contributed by atoms with van der Waals surface area (Å²) in [4.78, 5) is 115. The highest BCUT2D eigenvalue weighted by molar-refractivity contribution is 6.07. The van der Waals surface area contributed by atoms with Gasteiger partial charge in [-0.1, -0.05) is 62.4 Å². The molecule has 0 aliphatic carbocycles. The normalized spacial score (nSPS) is 17.0. The van der Waals surface area contributed by atoms with E-state index in [-0.39, 0.29) is 11.6 Å². The van der Waals surface area contributed by atoms with Crippen LogP contribution in [0.4, 0.5) is 15.3 Å². The van der Waals surface area contributed by atoms with Crippen LogP contribution < -0.4 is 26.3 Å². The summed E-state index contributed by atoms with van der Waals surface area (Å²) in [5.41, 5.74) is 4.02. The Labute approximate surface area is 313 Å². The second kappa shape index (κ2) is 18.5. The third-order valence-electron chi connectivity index (χ3n) is 8.49. The second-order valence-corrected chi connectivity index (χ2v) is 12.9. The van der Waals surface area contributed by atoms with Gasteiger partial charge in [0.1, 0.15) is 24.7 Å². The Bertz CT molecular complexity index is 1820. The van der Waals surface area contributed by atoms with Crippen LogP contribution in [0.1, 0.15) is 44.2 Å². The smallest absolute Gasteiger partial charge is 0.433 e. The fourth-order valence-corrected chi connectivity index (χ4v) is 5.60. The number of carboxylic acids is 2. The van der Waals surface area contributed by atoms with Crippen molar-refractivity contribution in [1.82, 2.24) is 26.4 Å². The van der Waals surface area contributed by atoms with Crippen LogP contribution in [0.2, 0.25) is 0 Å². The standard InChI is InChI=1S/C35H40N6O14/c1-18(2)26(31(48)39-41(35(52)53)33(50)28-27(55-28)32(49)40-15-14-20-10-6-7-11-23(20)40)38-29(46)21(12-13-24(42)43)36-30(47)22(16-25(44)45)37-34(51)54-17-19-8-4-3-5-9-19/h3-11,18,21-22,26-28H,12-17H2,1-2H3,(H,36,47)(H,37,51)(H,38,46)(H,39,48)(H,42,43)(H,44,45)(H,52,53)/t21-,22-,26-,27?,28?/m0/s1. The molecule has 1 fully saturated rings. The highest BCUT2D eigenvalue weighted by Crippen LogP contribution is 2.33. The largest absolute Gasteiger partial charge is 0.481 e. The SMILES string of the molecule is CC(C)[C@H](NC(=O)[C@H](CCC(=O)O)NC(=O)[C@H](CC(=O)O)NC(=O)OCc1ccccc1)C(=O)NN(C(=O)O)C(=O)C1OC1C(=O)N1CCc2ccccc21. The first-order valence-corrected chi connectivity index (χ1v) is 17.0. The monoisotopic (exact) mass is 768 g/mol. The Balaban J connectivity index is 1.41. The number of imide groups is 1. The molecule has 0 bridgehead atoms. The van der Waals surface area contributed by atoms with Gasteiger partial charge in [0.2, 0.25) is 11.8 Å². The molecule has 2 aliphatic heterocycles. The number of alkyl carbamates (subject to hydrolysis) is 1. The molecule has 0 aromatic heterocycles. The van der Waals surface area contributed by atoms with E-state index in [4.69, 9.17) is 9.47 Å². The van der Waals surface area contributed by atoms with Gasteiger partial charge in [0.15, 0.2) is 12.2 Å². The molecule has 0 saturated carbocycles. The van der Waals surface area contributed by atoms with Crippen molar-refractivity contribution in [2.75, 3.05) is 11.4 Å². The molecule has 20 nitrogen and oxygen atoms in total. The Morgan fingerprint density at radius 3 is 2.11 bits per heavy atom. The van der Waals surface area contributed by atoms with Gasteiger partial charge in [-0.25, -0.2) is 9.59 Å². The van der Waals surface area contributed by atoms with E-state index in [2.05, 4.69) is 16.0 Å². The molecular weight excluding hydrogens is 728 g/mol. The summed E-state index contributed by atoms with van der Waals surface area (Å²) < 4.78 is 10.3. The number of carbonyl (C=O) groups is 9. The number of rotatable bonds is 16. The van der Waals surface area contributed by atoms with E-state index >= 15 is 0 Å². The van der Waals surface area contributed by atoms with Crippen LogP contribution in [0.25, 0.3) is 0 Å². The molecule has 20 heteroatoms. The van der Waals surface area contributed by atoms with Crippen molar-refractivity contribution in [3.63, 3.8) is 0 Å². The molecule has 4 rings (SSSR count). The minimum absolute atomic E-state index is 0.0809. The van der Waals surface area contributed by atoms with Gasteiger partial charge in [-0.3, -0.25) is 39.0 Å². The number of nitrogens with one attached hydrogen (secondary N) is 4. The molecule has 7 amide bonds. The predicted molar refractivity (Wildman–Crippen MR) is 186 cm³/mol. The van der Waals surface area contributed by atoms with E-state index in [1.165, 1.54) is 18.7 Å². The number of anilines is 1. The zero-order chi connectivity index (χ0) is 40.4. The number of hydrogen-bond acceptors (Lipinski definition) is 11. The minimum atomic E-state index is -1.94. The van der Waals surface area contributed by atoms with Crippen molar-refractivity contribution in [3.05, 3.63) is 65.7 Å². The minimum Gasteiger partial charge on any atom is -0.481 e. The first-order chi connectivity index (χ1) is 26.1. The van der Waals surface area contributed by atoms with Gasteiger partial charge >= 0.3 is 24.1 Å². The third-order valence-corrected chi connectivity index (χ3v) is 8.49. The molecule has 5 atom stereocenters. The number of carbonyl (C=O) groups excluding carboxylic acids is 6. The molecule has 7 N–H and O–H groups in total. The summed E-state index contributed by atoms with van der Waals surface area (Å²) >= 11 is 0. The van der Waals surface area contributed by atoms with Gasteiger partial charge in [0, 0.05) is 18.7 Å². The van der Waals surface area contributed by atoms with E-state index in [9.17, 15) is 58.5 Å². The lowest BCUT2D eigenvalue weighted by Gasteiger charge is -2.27. The molecule has 2 heterocycles. The van der Waals surface area contributed by atoms with Crippen LogP contribution in [0.15, 0.2) is 54.6 Å². The van der Waals surface area contributed by atoms with Crippen molar-refractivity contribution in [2.45, 2.75) is 76.5 Å². The van der Waals surface area contributed by atoms with Gasteiger partial charge in [-0.2, -0.15) is 0 Å². The number of aliphatic carboxylic acids is 2. The Morgan fingerprint density at radius 2 is 1.47 bits per heavy atom. The quantitative estimate of drug-likeness (QED) is 0.0884. The first kappa shape index (κ1) is 41.2. The molecule has 0 spiro atoms.